The van der Waals surface area contributed by atoms with Crippen LogP contribution >= 0.6 is 0 Å². The van der Waals surface area contributed by atoms with Crippen molar-refractivity contribution >= 4 is 0 Å². The molecule has 50 heavy (non-hydrogen) atoms. The van der Waals surface area contributed by atoms with E-state index in [1.807, 2.05) is 72.9 Å². The second-order valence-electron chi connectivity index (χ2n) is 10.8. The molecule has 9 heteroatoms. The topological polar surface area (TPSA) is 87.0 Å². The maximum absolute atomic E-state index is 5.07. The van der Waals surface area contributed by atoms with E-state index in [1.54, 1.807) is 43.8 Å². The zero-order chi connectivity index (χ0) is 35.4. The SMILES string of the molecule is C1=CCOC1.C1=CCOC=C1.C1=CCOCC1.C1=COC=CC1.C1=COCC1.C1=COCCC1.C1CCOC1.C1CCOCC1.c1ccoc1. The van der Waals surface area contributed by atoms with E-state index >= 15 is 0 Å². The molecule has 0 aromatic carbocycles. The van der Waals surface area contributed by atoms with Crippen molar-refractivity contribution < 1.29 is 42.3 Å². The van der Waals surface area contributed by atoms with Crippen LogP contribution in [0.1, 0.15) is 64.2 Å². The van der Waals surface area contributed by atoms with Crippen molar-refractivity contribution in [3.05, 3.63) is 123 Å². The first-order valence-corrected chi connectivity index (χ1v) is 18.0. The van der Waals surface area contributed by atoms with Gasteiger partial charge in [0.1, 0.15) is 6.61 Å². The molecule has 9 heterocycles. The smallest absolute Gasteiger partial charge is 0.106 e. The van der Waals surface area contributed by atoms with Gasteiger partial charge in [0.05, 0.1) is 83.5 Å². The summed E-state index contributed by atoms with van der Waals surface area (Å²) in [4.78, 5) is 0. The number of allylic oxidation sites excluding steroid dienone is 5. The molecule has 9 rings (SSSR count). The van der Waals surface area contributed by atoms with Gasteiger partial charge >= 0.3 is 0 Å². The van der Waals surface area contributed by atoms with Crippen LogP contribution in [0.5, 0.6) is 0 Å². The lowest BCUT2D eigenvalue weighted by molar-refractivity contribution is 0.0968. The fraction of sp³-hybridized carbons (Fsp3) is 0.512. The number of hydrogen-bond donors (Lipinski definition) is 0. The molecule has 2 fully saturated rings. The molecule has 0 unspecified atom stereocenters. The predicted molar refractivity (Wildman–Crippen MR) is 200 cm³/mol. The summed E-state index contributed by atoms with van der Waals surface area (Å²) in [7, 11) is 0. The van der Waals surface area contributed by atoms with Crippen LogP contribution in [0, 0.1) is 0 Å². The van der Waals surface area contributed by atoms with Gasteiger partial charge in [0.15, 0.2) is 0 Å². The summed E-state index contributed by atoms with van der Waals surface area (Å²) in [6.45, 7) is 9.91. The lowest BCUT2D eigenvalue weighted by Crippen LogP contribution is -2.03. The summed E-state index contributed by atoms with van der Waals surface area (Å²) >= 11 is 0. The molecule has 0 spiro atoms. The maximum atomic E-state index is 5.07. The van der Waals surface area contributed by atoms with Gasteiger partial charge in [-0.25, -0.2) is 0 Å². The first kappa shape index (κ1) is 44.3. The first-order chi connectivity index (χ1) is 25.0. The summed E-state index contributed by atoms with van der Waals surface area (Å²) in [5.41, 5.74) is 0. The van der Waals surface area contributed by atoms with Crippen molar-refractivity contribution in [3.63, 3.8) is 0 Å². The van der Waals surface area contributed by atoms with Crippen molar-refractivity contribution in [3.8, 4) is 0 Å². The lowest BCUT2D eigenvalue weighted by Gasteiger charge is -2.08. The van der Waals surface area contributed by atoms with Gasteiger partial charge in [-0.05, 0) is 106 Å². The number of rotatable bonds is 0. The van der Waals surface area contributed by atoms with Crippen LogP contribution in [0.3, 0.4) is 0 Å². The summed E-state index contributed by atoms with van der Waals surface area (Å²) in [6.07, 6.45) is 45.9. The summed E-state index contributed by atoms with van der Waals surface area (Å²) in [6, 6.07) is 3.67. The Labute approximate surface area is 301 Å². The Bertz CT molecular complexity index is 880. The van der Waals surface area contributed by atoms with Crippen molar-refractivity contribution in [2.75, 3.05) is 72.7 Å². The van der Waals surface area contributed by atoms with Crippen LogP contribution < -0.4 is 0 Å². The van der Waals surface area contributed by atoms with Crippen molar-refractivity contribution in [1.82, 2.24) is 0 Å². The molecule has 1 aromatic heterocycles. The predicted octanol–water partition coefficient (Wildman–Crippen LogP) is 9.55. The number of furan rings is 1. The number of ether oxygens (including phenoxy) is 8. The Morgan fingerprint density at radius 3 is 1.14 bits per heavy atom. The average Bonchev–Trinajstić information content (AvgIpc) is 4.09. The van der Waals surface area contributed by atoms with Crippen LogP contribution in [0.15, 0.2) is 127 Å². The van der Waals surface area contributed by atoms with Crippen LogP contribution in [-0.2, 0) is 37.9 Å². The Morgan fingerprint density at radius 1 is 0.340 bits per heavy atom. The average molecular weight is 699 g/mol. The highest BCUT2D eigenvalue weighted by atomic mass is 16.5. The second kappa shape index (κ2) is 41.4. The molecule has 0 saturated carbocycles. The summed E-state index contributed by atoms with van der Waals surface area (Å²) in [5.74, 6) is 0. The molecule has 0 atom stereocenters. The fourth-order valence-electron chi connectivity index (χ4n) is 3.77. The van der Waals surface area contributed by atoms with Gasteiger partial charge in [0.2, 0.25) is 0 Å². The summed E-state index contributed by atoms with van der Waals surface area (Å²) in [5, 5.41) is 0. The van der Waals surface area contributed by atoms with E-state index in [-0.39, 0.29) is 0 Å². The molecule has 0 N–H and O–H groups in total. The Morgan fingerprint density at radius 2 is 0.960 bits per heavy atom. The molecule has 8 aliphatic heterocycles. The Hall–Kier alpha value is -3.76. The van der Waals surface area contributed by atoms with Gasteiger partial charge < -0.3 is 42.3 Å². The molecule has 0 aliphatic carbocycles. The normalized spacial score (nSPS) is 19.2. The van der Waals surface area contributed by atoms with E-state index in [1.165, 1.54) is 44.9 Å². The third kappa shape index (κ3) is 38.7. The monoisotopic (exact) mass is 698 g/mol. The van der Waals surface area contributed by atoms with Gasteiger partial charge in [-0.2, -0.15) is 0 Å². The molecular formula is C41H62O9. The van der Waals surface area contributed by atoms with Crippen LogP contribution in [0.4, 0.5) is 0 Å². The third-order valence-corrected chi connectivity index (χ3v) is 6.39. The van der Waals surface area contributed by atoms with Gasteiger partial charge in [-0.15, -0.1) is 0 Å². The van der Waals surface area contributed by atoms with Gasteiger partial charge in [0.25, 0.3) is 0 Å². The first-order valence-electron chi connectivity index (χ1n) is 18.0. The highest BCUT2D eigenvalue weighted by Crippen LogP contribution is 2.02. The van der Waals surface area contributed by atoms with E-state index in [9.17, 15) is 0 Å². The van der Waals surface area contributed by atoms with Crippen LogP contribution in [-0.4, -0.2) is 72.7 Å². The quantitative estimate of drug-likeness (QED) is 0.246. The molecule has 280 valence electrons. The highest BCUT2D eigenvalue weighted by molar-refractivity contribution is 5.03. The minimum Gasteiger partial charge on any atom is -0.502 e. The minimum absolute atomic E-state index is 0.733. The van der Waals surface area contributed by atoms with E-state index < -0.39 is 0 Å². The van der Waals surface area contributed by atoms with Crippen LogP contribution in [0.2, 0.25) is 0 Å². The van der Waals surface area contributed by atoms with Crippen molar-refractivity contribution in [2.45, 2.75) is 64.2 Å². The van der Waals surface area contributed by atoms with Crippen molar-refractivity contribution in [1.29, 1.82) is 0 Å². The summed E-state index contributed by atoms with van der Waals surface area (Å²) < 4.78 is 43.6. The Kier molecular flexibility index (Phi) is 36.7. The molecule has 2 saturated heterocycles. The second-order valence-corrected chi connectivity index (χ2v) is 10.8. The highest BCUT2D eigenvalue weighted by Gasteiger charge is 1.95. The zero-order valence-corrected chi connectivity index (χ0v) is 30.1. The van der Waals surface area contributed by atoms with Gasteiger partial charge in [0, 0.05) is 32.8 Å². The molecule has 1 aromatic rings. The minimum atomic E-state index is 0.733. The molecule has 0 radical (unpaired) electrons. The molecule has 8 aliphatic rings. The third-order valence-electron chi connectivity index (χ3n) is 6.39. The van der Waals surface area contributed by atoms with E-state index in [0.717, 1.165) is 91.9 Å². The van der Waals surface area contributed by atoms with Gasteiger partial charge in [-0.3, -0.25) is 0 Å². The number of hydrogen-bond acceptors (Lipinski definition) is 9. The largest absolute Gasteiger partial charge is 0.502 e. The van der Waals surface area contributed by atoms with Crippen LogP contribution in [0.25, 0.3) is 0 Å². The molecular weight excluding hydrogens is 636 g/mol. The van der Waals surface area contributed by atoms with Gasteiger partial charge in [-0.1, -0.05) is 30.4 Å². The molecule has 9 nitrogen and oxygen atoms in total. The van der Waals surface area contributed by atoms with Crippen molar-refractivity contribution in [2.24, 2.45) is 0 Å². The zero-order valence-electron chi connectivity index (χ0n) is 30.1. The van der Waals surface area contributed by atoms with E-state index in [2.05, 4.69) is 10.5 Å². The van der Waals surface area contributed by atoms with E-state index in [4.69, 9.17) is 37.9 Å². The fourth-order valence-corrected chi connectivity index (χ4v) is 3.77. The standard InChI is InChI=1S/C5H10O.2C5H8O.2C5H6O.C4H8O.2C4H6O.C4H4O/c5*1-2-4-6-5-3-1;4*1-2-4-5-3-1/h1-5H2;2,4H,1,3,5H2;1-2H,3-5H2;2-5H,1H2;1-4H,5H2;1-4H2;1,3H,2,4H2;1-2H,3-4H2;1-4H. The molecule has 0 bridgehead atoms. The van der Waals surface area contributed by atoms with E-state index in [0.29, 0.717) is 0 Å². The molecule has 0 amide bonds. The maximum Gasteiger partial charge on any atom is 0.106 e. The Balaban J connectivity index is 0.000000282. The lowest BCUT2D eigenvalue weighted by atomic mass is 10.2.